The molecule has 1 heterocycles. The van der Waals surface area contributed by atoms with Crippen LogP contribution in [0.5, 0.6) is 0 Å². The van der Waals surface area contributed by atoms with Crippen LogP contribution in [-0.4, -0.2) is 47.5 Å². The lowest BCUT2D eigenvalue weighted by atomic mass is 9.91. The Morgan fingerprint density at radius 1 is 1.26 bits per heavy atom. The Balaban J connectivity index is 2.87. The van der Waals surface area contributed by atoms with Crippen LogP contribution in [0.2, 0.25) is 0 Å². The van der Waals surface area contributed by atoms with E-state index in [0.717, 1.165) is 17.8 Å². The van der Waals surface area contributed by atoms with E-state index in [4.69, 9.17) is 10.5 Å². The normalized spacial score (nSPS) is 15.9. The molecule has 1 rings (SSSR count). The predicted molar refractivity (Wildman–Crippen MR) is 110 cm³/mol. The van der Waals surface area contributed by atoms with Gasteiger partial charge in [0.2, 0.25) is 5.91 Å². The SMILES string of the molecule is CCOC(=O)c1csc([C@H](C)C[C@H](C(C)C)N(C)C(=O)[C@@H](N)[C@@H](C)CC)n1. The molecule has 0 fully saturated rings. The Labute approximate surface area is 167 Å². The van der Waals surface area contributed by atoms with E-state index >= 15 is 0 Å². The number of nitrogens with zero attached hydrogens (tertiary/aromatic N) is 2. The zero-order valence-electron chi connectivity index (χ0n) is 17.7. The summed E-state index contributed by atoms with van der Waals surface area (Å²) in [5.41, 5.74) is 6.52. The smallest absolute Gasteiger partial charge is 0.357 e. The van der Waals surface area contributed by atoms with Gasteiger partial charge in [0.25, 0.3) is 0 Å². The maximum absolute atomic E-state index is 12.8. The number of likely N-dealkylation sites (N-methyl/N-ethyl adjacent to an activating group) is 1. The third kappa shape index (κ3) is 6.28. The Bertz CT molecular complexity index is 617. The van der Waals surface area contributed by atoms with Gasteiger partial charge in [-0.05, 0) is 25.2 Å². The van der Waals surface area contributed by atoms with Crippen molar-refractivity contribution in [3.8, 4) is 0 Å². The van der Waals surface area contributed by atoms with E-state index in [-0.39, 0.29) is 35.7 Å². The van der Waals surface area contributed by atoms with Crippen molar-refractivity contribution in [2.75, 3.05) is 13.7 Å². The van der Waals surface area contributed by atoms with Crippen molar-refractivity contribution in [1.29, 1.82) is 0 Å². The minimum absolute atomic E-state index is 0.0124. The lowest BCUT2D eigenvalue weighted by molar-refractivity contribution is -0.135. The topological polar surface area (TPSA) is 85.5 Å². The van der Waals surface area contributed by atoms with Crippen molar-refractivity contribution < 1.29 is 14.3 Å². The monoisotopic (exact) mass is 397 g/mol. The van der Waals surface area contributed by atoms with E-state index in [1.807, 2.05) is 20.9 Å². The minimum atomic E-state index is -0.480. The average molecular weight is 398 g/mol. The van der Waals surface area contributed by atoms with Crippen molar-refractivity contribution in [2.24, 2.45) is 17.6 Å². The molecule has 0 radical (unpaired) electrons. The van der Waals surface area contributed by atoms with Crippen LogP contribution >= 0.6 is 11.3 Å². The van der Waals surface area contributed by atoms with E-state index < -0.39 is 6.04 Å². The molecule has 0 bridgehead atoms. The van der Waals surface area contributed by atoms with E-state index in [0.29, 0.717) is 12.3 Å². The third-order valence-corrected chi connectivity index (χ3v) is 6.26. The van der Waals surface area contributed by atoms with Gasteiger partial charge < -0.3 is 15.4 Å². The molecule has 1 aromatic rings. The number of hydrogen-bond donors (Lipinski definition) is 1. The van der Waals surface area contributed by atoms with Gasteiger partial charge in [0, 0.05) is 24.4 Å². The summed E-state index contributed by atoms with van der Waals surface area (Å²) in [6.45, 7) is 12.5. The van der Waals surface area contributed by atoms with E-state index in [1.165, 1.54) is 11.3 Å². The summed E-state index contributed by atoms with van der Waals surface area (Å²) >= 11 is 1.46. The van der Waals surface area contributed by atoms with Gasteiger partial charge >= 0.3 is 5.97 Å². The largest absolute Gasteiger partial charge is 0.461 e. The molecule has 0 aliphatic heterocycles. The lowest BCUT2D eigenvalue weighted by Crippen LogP contribution is -2.50. The molecule has 0 aromatic carbocycles. The fourth-order valence-corrected chi connectivity index (χ4v) is 3.91. The van der Waals surface area contributed by atoms with Crippen LogP contribution in [0.4, 0.5) is 0 Å². The van der Waals surface area contributed by atoms with E-state index in [2.05, 4.69) is 25.8 Å². The van der Waals surface area contributed by atoms with Crippen LogP contribution in [-0.2, 0) is 9.53 Å². The summed E-state index contributed by atoms with van der Waals surface area (Å²) in [4.78, 5) is 30.9. The molecule has 27 heavy (non-hydrogen) atoms. The second kappa shape index (κ2) is 10.8. The van der Waals surface area contributed by atoms with E-state index in [9.17, 15) is 9.59 Å². The Morgan fingerprint density at radius 3 is 2.41 bits per heavy atom. The summed E-state index contributed by atoms with van der Waals surface area (Å²) < 4.78 is 5.01. The van der Waals surface area contributed by atoms with Gasteiger partial charge in [-0.3, -0.25) is 4.79 Å². The minimum Gasteiger partial charge on any atom is -0.461 e. The Kier molecular flexibility index (Phi) is 9.39. The first kappa shape index (κ1) is 23.6. The summed E-state index contributed by atoms with van der Waals surface area (Å²) in [5, 5.41) is 2.62. The van der Waals surface area contributed by atoms with Gasteiger partial charge in [0.05, 0.1) is 17.7 Å². The molecular weight excluding hydrogens is 362 g/mol. The quantitative estimate of drug-likeness (QED) is 0.609. The number of carbonyl (C=O) groups excluding carboxylic acids is 2. The van der Waals surface area contributed by atoms with Crippen LogP contribution in [0.15, 0.2) is 5.38 Å². The molecule has 1 amide bonds. The number of esters is 1. The second-order valence-electron chi connectivity index (χ2n) is 7.60. The van der Waals surface area contributed by atoms with Gasteiger partial charge in [-0.1, -0.05) is 41.0 Å². The van der Waals surface area contributed by atoms with Crippen molar-refractivity contribution in [3.63, 3.8) is 0 Å². The third-order valence-electron chi connectivity index (χ3n) is 5.18. The number of carbonyl (C=O) groups is 2. The van der Waals surface area contributed by atoms with Gasteiger partial charge in [-0.25, -0.2) is 9.78 Å². The number of thiazole rings is 1. The highest BCUT2D eigenvalue weighted by molar-refractivity contribution is 7.09. The fraction of sp³-hybridized carbons (Fsp3) is 0.750. The Morgan fingerprint density at radius 2 is 1.89 bits per heavy atom. The second-order valence-corrected chi connectivity index (χ2v) is 8.49. The van der Waals surface area contributed by atoms with Gasteiger partial charge in [-0.2, -0.15) is 0 Å². The molecule has 0 unspecified atom stereocenters. The Hall–Kier alpha value is -1.47. The first-order valence-electron chi connectivity index (χ1n) is 9.78. The highest BCUT2D eigenvalue weighted by Gasteiger charge is 2.31. The van der Waals surface area contributed by atoms with Crippen molar-refractivity contribution >= 4 is 23.2 Å². The molecule has 4 atom stereocenters. The molecule has 0 spiro atoms. The predicted octanol–water partition coefficient (Wildman–Crippen LogP) is 3.67. The first-order chi connectivity index (χ1) is 12.6. The maximum Gasteiger partial charge on any atom is 0.357 e. The zero-order valence-corrected chi connectivity index (χ0v) is 18.5. The summed E-state index contributed by atoms with van der Waals surface area (Å²) in [5.74, 6) is 0.160. The fourth-order valence-electron chi connectivity index (χ4n) is 3.05. The van der Waals surface area contributed by atoms with Gasteiger partial charge in [0.1, 0.15) is 0 Å². The summed E-state index contributed by atoms with van der Waals surface area (Å²) in [6, 6.07) is -0.426. The molecule has 0 saturated carbocycles. The summed E-state index contributed by atoms with van der Waals surface area (Å²) in [6.07, 6.45) is 1.64. The molecular formula is C20H35N3O3S. The van der Waals surface area contributed by atoms with Crippen molar-refractivity contribution in [3.05, 3.63) is 16.1 Å². The number of rotatable bonds is 10. The highest BCUT2D eigenvalue weighted by Crippen LogP contribution is 2.29. The molecule has 1 aromatic heterocycles. The number of hydrogen-bond acceptors (Lipinski definition) is 6. The standard InChI is InChI=1S/C20H35N3O3S/c1-8-13(5)17(21)19(24)23(7)16(12(3)4)10-14(6)18-22-15(11-27-18)20(25)26-9-2/h11-14,16-17H,8-10,21H2,1-7H3/t13-,14+,16+,17-/m0/s1. The van der Waals surface area contributed by atoms with Crippen molar-refractivity contribution in [1.82, 2.24) is 9.88 Å². The number of amides is 1. The van der Waals surface area contributed by atoms with Crippen LogP contribution in [0, 0.1) is 11.8 Å². The molecule has 7 heteroatoms. The van der Waals surface area contributed by atoms with Crippen molar-refractivity contribution in [2.45, 2.75) is 72.4 Å². The zero-order chi connectivity index (χ0) is 20.7. The average Bonchev–Trinajstić information content (AvgIpc) is 3.13. The number of nitrogens with two attached hydrogens (primary N) is 1. The van der Waals surface area contributed by atoms with Gasteiger partial charge in [-0.15, -0.1) is 11.3 Å². The maximum atomic E-state index is 12.8. The van der Waals surface area contributed by atoms with Crippen LogP contribution in [0.1, 0.15) is 75.8 Å². The molecule has 154 valence electrons. The number of ether oxygens (including phenoxy) is 1. The molecule has 0 aliphatic rings. The molecule has 2 N–H and O–H groups in total. The van der Waals surface area contributed by atoms with Crippen LogP contribution in [0.3, 0.4) is 0 Å². The van der Waals surface area contributed by atoms with Crippen LogP contribution in [0.25, 0.3) is 0 Å². The van der Waals surface area contributed by atoms with Crippen LogP contribution < -0.4 is 5.73 Å². The summed E-state index contributed by atoms with van der Waals surface area (Å²) in [7, 11) is 1.84. The lowest BCUT2D eigenvalue weighted by Gasteiger charge is -2.35. The molecule has 0 aliphatic carbocycles. The molecule has 0 saturated heterocycles. The number of aromatic nitrogens is 1. The highest BCUT2D eigenvalue weighted by atomic mass is 32.1. The first-order valence-corrected chi connectivity index (χ1v) is 10.7. The van der Waals surface area contributed by atoms with Gasteiger partial charge in [0.15, 0.2) is 5.69 Å². The van der Waals surface area contributed by atoms with E-state index in [1.54, 1.807) is 17.2 Å². The molecule has 6 nitrogen and oxygen atoms in total.